The predicted molar refractivity (Wildman–Crippen MR) is 71.8 cm³/mol. The van der Waals surface area contributed by atoms with E-state index in [4.69, 9.17) is 0 Å². The highest BCUT2D eigenvalue weighted by Gasteiger charge is 2.19. The van der Waals surface area contributed by atoms with Gasteiger partial charge in [-0.25, -0.2) is 0 Å². The van der Waals surface area contributed by atoms with E-state index in [0.29, 0.717) is 0 Å². The highest BCUT2D eigenvalue weighted by molar-refractivity contribution is 4.78. The summed E-state index contributed by atoms with van der Waals surface area (Å²) in [7, 11) is 0. The summed E-state index contributed by atoms with van der Waals surface area (Å²) in [5.74, 6) is 0.974. The van der Waals surface area contributed by atoms with Crippen molar-refractivity contribution in [2.75, 3.05) is 13.1 Å². The summed E-state index contributed by atoms with van der Waals surface area (Å²) >= 11 is 0. The van der Waals surface area contributed by atoms with Gasteiger partial charge in [0.2, 0.25) is 0 Å². The second-order valence-electron chi connectivity index (χ2n) is 6.27. The summed E-state index contributed by atoms with van der Waals surface area (Å²) in [5.41, 5.74) is 0.250. The van der Waals surface area contributed by atoms with Crippen LogP contribution in [0.5, 0.6) is 0 Å². The van der Waals surface area contributed by atoms with E-state index in [1.54, 1.807) is 0 Å². The molecule has 2 N–H and O–H groups in total. The molecule has 0 spiro atoms. The van der Waals surface area contributed by atoms with E-state index >= 15 is 0 Å². The standard InChI is InChI=1S/C14H30N2/c1-5-12-7-6-8-13(11-12)15-9-10-16-14(2,3)4/h12-13,15-16H,5-11H2,1-4H3. The molecule has 0 aliphatic heterocycles. The Kier molecular flexibility index (Phi) is 5.77. The van der Waals surface area contributed by atoms with E-state index in [-0.39, 0.29) is 5.54 Å². The molecule has 0 aromatic rings. The van der Waals surface area contributed by atoms with Gasteiger partial charge in [0.1, 0.15) is 0 Å². The fourth-order valence-corrected chi connectivity index (χ4v) is 2.56. The molecule has 0 aromatic heterocycles. The van der Waals surface area contributed by atoms with Crippen molar-refractivity contribution in [3.8, 4) is 0 Å². The fourth-order valence-electron chi connectivity index (χ4n) is 2.56. The molecule has 1 aliphatic rings. The van der Waals surface area contributed by atoms with Gasteiger partial charge >= 0.3 is 0 Å². The molecule has 0 bridgehead atoms. The molecular formula is C14H30N2. The van der Waals surface area contributed by atoms with Crippen molar-refractivity contribution in [3.05, 3.63) is 0 Å². The van der Waals surface area contributed by atoms with Gasteiger partial charge in [-0.1, -0.05) is 26.2 Å². The minimum absolute atomic E-state index is 0.250. The van der Waals surface area contributed by atoms with Gasteiger partial charge in [0, 0.05) is 24.7 Å². The van der Waals surface area contributed by atoms with E-state index in [2.05, 4.69) is 38.3 Å². The fraction of sp³-hybridized carbons (Fsp3) is 1.00. The van der Waals surface area contributed by atoms with Crippen LogP contribution in [0.25, 0.3) is 0 Å². The van der Waals surface area contributed by atoms with Gasteiger partial charge in [0.15, 0.2) is 0 Å². The third kappa shape index (κ3) is 5.86. The third-order valence-corrected chi connectivity index (χ3v) is 3.57. The van der Waals surface area contributed by atoms with Gasteiger partial charge in [-0.05, 0) is 39.5 Å². The molecule has 2 atom stereocenters. The Morgan fingerprint density at radius 1 is 1.12 bits per heavy atom. The smallest absolute Gasteiger partial charge is 0.00970 e. The molecule has 0 amide bonds. The Morgan fingerprint density at radius 3 is 2.50 bits per heavy atom. The SMILES string of the molecule is CCC1CCCC(NCCNC(C)(C)C)C1. The highest BCUT2D eigenvalue weighted by Crippen LogP contribution is 2.26. The monoisotopic (exact) mass is 226 g/mol. The quantitative estimate of drug-likeness (QED) is 0.704. The Hall–Kier alpha value is -0.0800. The van der Waals surface area contributed by atoms with Crippen LogP contribution in [0.4, 0.5) is 0 Å². The van der Waals surface area contributed by atoms with E-state index in [1.165, 1.54) is 32.1 Å². The second-order valence-corrected chi connectivity index (χ2v) is 6.27. The normalized spacial score (nSPS) is 27.0. The van der Waals surface area contributed by atoms with Crippen LogP contribution in [-0.4, -0.2) is 24.7 Å². The van der Waals surface area contributed by atoms with Crippen molar-refractivity contribution in [3.63, 3.8) is 0 Å². The predicted octanol–water partition coefficient (Wildman–Crippen LogP) is 2.93. The molecule has 0 saturated heterocycles. The Morgan fingerprint density at radius 2 is 1.88 bits per heavy atom. The lowest BCUT2D eigenvalue weighted by molar-refractivity contribution is 0.277. The third-order valence-electron chi connectivity index (χ3n) is 3.57. The maximum absolute atomic E-state index is 3.70. The number of hydrogen-bond acceptors (Lipinski definition) is 2. The van der Waals surface area contributed by atoms with Crippen molar-refractivity contribution in [2.24, 2.45) is 5.92 Å². The first-order valence-electron chi connectivity index (χ1n) is 6.99. The molecule has 1 aliphatic carbocycles. The molecule has 2 heteroatoms. The molecular weight excluding hydrogens is 196 g/mol. The van der Waals surface area contributed by atoms with Crippen LogP contribution in [0.2, 0.25) is 0 Å². The average molecular weight is 226 g/mol. The first-order valence-corrected chi connectivity index (χ1v) is 6.99. The second kappa shape index (κ2) is 6.61. The summed E-state index contributed by atoms with van der Waals surface area (Å²) in [6.07, 6.45) is 7.01. The molecule has 2 unspecified atom stereocenters. The van der Waals surface area contributed by atoms with Gasteiger partial charge in [-0.15, -0.1) is 0 Å². The first kappa shape index (κ1) is 14.0. The number of hydrogen-bond donors (Lipinski definition) is 2. The van der Waals surface area contributed by atoms with Crippen LogP contribution < -0.4 is 10.6 Å². The molecule has 1 fully saturated rings. The number of nitrogens with one attached hydrogen (secondary N) is 2. The van der Waals surface area contributed by atoms with Crippen molar-refractivity contribution in [1.29, 1.82) is 0 Å². The van der Waals surface area contributed by atoms with E-state index < -0.39 is 0 Å². The van der Waals surface area contributed by atoms with Crippen molar-refractivity contribution in [1.82, 2.24) is 10.6 Å². The summed E-state index contributed by atoms with van der Waals surface area (Å²) < 4.78 is 0. The Labute approximate surface area is 102 Å². The zero-order valence-electron chi connectivity index (χ0n) is 11.6. The number of rotatable bonds is 5. The Balaban J connectivity index is 2.08. The van der Waals surface area contributed by atoms with Crippen molar-refractivity contribution >= 4 is 0 Å². The lowest BCUT2D eigenvalue weighted by atomic mass is 9.84. The summed E-state index contributed by atoms with van der Waals surface area (Å²) in [6, 6.07) is 0.778. The molecule has 0 radical (unpaired) electrons. The largest absolute Gasteiger partial charge is 0.313 e. The average Bonchev–Trinajstić information content (AvgIpc) is 2.23. The molecule has 2 nitrogen and oxygen atoms in total. The van der Waals surface area contributed by atoms with Crippen LogP contribution in [0.3, 0.4) is 0 Å². The van der Waals surface area contributed by atoms with Crippen molar-refractivity contribution in [2.45, 2.75) is 71.4 Å². The van der Waals surface area contributed by atoms with Gasteiger partial charge in [-0.3, -0.25) is 0 Å². The van der Waals surface area contributed by atoms with E-state index in [0.717, 1.165) is 25.0 Å². The highest BCUT2D eigenvalue weighted by atomic mass is 15.0. The lowest BCUT2D eigenvalue weighted by Gasteiger charge is -2.30. The summed E-state index contributed by atoms with van der Waals surface area (Å²) in [4.78, 5) is 0. The molecule has 96 valence electrons. The molecule has 0 heterocycles. The summed E-state index contributed by atoms with van der Waals surface area (Å²) in [6.45, 7) is 11.2. The molecule has 16 heavy (non-hydrogen) atoms. The van der Waals surface area contributed by atoms with Crippen LogP contribution >= 0.6 is 0 Å². The van der Waals surface area contributed by atoms with Gasteiger partial charge < -0.3 is 10.6 Å². The molecule has 1 rings (SSSR count). The van der Waals surface area contributed by atoms with Crippen molar-refractivity contribution < 1.29 is 0 Å². The molecule has 1 saturated carbocycles. The van der Waals surface area contributed by atoms with E-state index in [1.807, 2.05) is 0 Å². The topological polar surface area (TPSA) is 24.1 Å². The van der Waals surface area contributed by atoms with Crippen LogP contribution in [-0.2, 0) is 0 Å². The Bertz CT molecular complexity index is 184. The van der Waals surface area contributed by atoms with Gasteiger partial charge in [0.05, 0.1) is 0 Å². The maximum atomic E-state index is 3.70. The zero-order chi connectivity index (χ0) is 12.0. The van der Waals surface area contributed by atoms with Crippen LogP contribution in [0, 0.1) is 5.92 Å². The lowest BCUT2D eigenvalue weighted by Crippen LogP contribution is -2.43. The summed E-state index contributed by atoms with van der Waals surface area (Å²) in [5, 5.41) is 7.22. The van der Waals surface area contributed by atoms with Gasteiger partial charge in [0.25, 0.3) is 0 Å². The maximum Gasteiger partial charge on any atom is 0.00970 e. The minimum atomic E-state index is 0.250. The molecule has 0 aromatic carbocycles. The minimum Gasteiger partial charge on any atom is -0.313 e. The van der Waals surface area contributed by atoms with Gasteiger partial charge in [-0.2, -0.15) is 0 Å². The van der Waals surface area contributed by atoms with Crippen LogP contribution in [0.15, 0.2) is 0 Å². The van der Waals surface area contributed by atoms with Crippen LogP contribution in [0.1, 0.15) is 59.8 Å². The van der Waals surface area contributed by atoms with E-state index in [9.17, 15) is 0 Å². The zero-order valence-corrected chi connectivity index (χ0v) is 11.6. The first-order chi connectivity index (χ1) is 7.51.